The number of hydrogen-bond acceptors (Lipinski definition) is 4. The highest BCUT2D eigenvalue weighted by Gasteiger charge is 2.24. The van der Waals surface area contributed by atoms with E-state index in [0.717, 1.165) is 35.3 Å². The molecule has 3 rings (SSSR count). The average molecular weight is 255 g/mol. The highest BCUT2D eigenvalue weighted by Crippen LogP contribution is 2.36. The minimum absolute atomic E-state index is 0.169. The van der Waals surface area contributed by atoms with Crippen LogP contribution in [-0.4, -0.2) is 11.6 Å². The number of nitrogens with zero attached hydrogens (tertiary/aromatic N) is 1. The molecule has 0 radical (unpaired) electrons. The lowest BCUT2D eigenvalue weighted by Crippen LogP contribution is -2.05. The van der Waals surface area contributed by atoms with Crippen molar-refractivity contribution in [3.05, 3.63) is 47.2 Å². The van der Waals surface area contributed by atoms with Gasteiger partial charge in [-0.2, -0.15) is 0 Å². The van der Waals surface area contributed by atoms with Gasteiger partial charge < -0.3 is 9.26 Å². The Hall–Kier alpha value is -2.36. The van der Waals surface area contributed by atoms with Crippen molar-refractivity contribution in [3.63, 3.8) is 0 Å². The summed E-state index contributed by atoms with van der Waals surface area (Å²) in [6.45, 7) is 4.37. The zero-order chi connectivity index (χ0) is 13.2. The molecule has 0 atom stereocenters. The van der Waals surface area contributed by atoms with Crippen LogP contribution in [0.1, 0.15) is 22.4 Å². The molecule has 1 aliphatic carbocycles. The predicted octanol–water partition coefficient (Wildman–Crippen LogP) is 2.76. The second-order valence-electron chi connectivity index (χ2n) is 4.46. The molecule has 0 saturated heterocycles. The molecule has 2 aromatic rings. The monoisotopic (exact) mass is 255 g/mol. The molecule has 0 unspecified atom stereocenters. The summed E-state index contributed by atoms with van der Waals surface area (Å²) in [5, 5.41) is 4.00. The molecule has 4 heteroatoms. The standard InChI is InChI=1S/C15H13NO3/c1-2-10-3-5-12-11(7-10)4-6-13-14(8-18-9-17)16-19-15(12)13/h2-3,5,7,9H,1,4,6,8H2. The van der Waals surface area contributed by atoms with Crippen LogP contribution in [0.4, 0.5) is 0 Å². The summed E-state index contributed by atoms with van der Waals surface area (Å²) in [5.41, 5.74) is 5.16. The Morgan fingerprint density at radius 1 is 1.42 bits per heavy atom. The van der Waals surface area contributed by atoms with E-state index >= 15 is 0 Å². The number of ether oxygens (including phenoxy) is 1. The summed E-state index contributed by atoms with van der Waals surface area (Å²) in [6, 6.07) is 6.15. The third kappa shape index (κ3) is 1.95. The molecule has 96 valence electrons. The Balaban J connectivity index is 2.02. The third-order valence-corrected chi connectivity index (χ3v) is 3.41. The van der Waals surface area contributed by atoms with Gasteiger partial charge in [0.05, 0.1) is 0 Å². The molecule has 4 nitrogen and oxygen atoms in total. The van der Waals surface area contributed by atoms with Gasteiger partial charge in [0, 0.05) is 11.1 Å². The van der Waals surface area contributed by atoms with Gasteiger partial charge in [-0.15, -0.1) is 0 Å². The van der Waals surface area contributed by atoms with Crippen LogP contribution in [-0.2, 0) is 29.0 Å². The zero-order valence-corrected chi connectivity index (χ0v) is 10.4. The summed E-state index contributed by atoms with van der Waals surface area (Å²) in [4.78, 5) is 10.2. The highest BCUT2D eigenvalue weighted by atomic mass is 16.5. The lowest BCUT2D eigenvalue weighted by Gasteiger charge is -2.15. The molecule has 0 spiro atoms. The molecular formula is C15H13NO3. The van der Waals surface area contributed by atoms with Crippen LogP contribution < -0.4 is 0 Å². The van der Waals surface area contributed by atoms with E-state index < -0.39 is 0 Å². The fraction of sp³-hybridized carbons (Fsp3) is 0.200. The molecule has 0 fully saturated rings. The van der Waals surface area contributed by atoms with Crippen LogP contribution in [0.15, 0.2) is 29.3 Å². The van der Waals surface area contributed by atoms with Crippen LogP contribution in [0.5, 0.6) is 0 Å². The minimum atomic E-state index is 0.169. The van der Waals surface area contributed by atoms with Gasteiger partial charge in [0.25, 0.3) is 6.47 Å². The van der Waals surface area contributed by atoms with Gasteiger partial charge in [0.15, 0.2) is 5.76 Å². The van der Waals surface area contributed by atoms with Gasteiger partial charge in [0.1, 0.15) is 12.3 Å². The first-order chi connectivity index (χ1) is 9.33. The molecular weight excluding hydrogens is 242 g/mol. The SMILES string of the molecule is C=Cc1ccc2c(c1)CCc1c(COC=O)noc1-2. The van der Waals surface area contributed by atoms with E-state index in [4.69, 9.17) is 9.26 Å². The fourth-order valence-corrected chi connectivity index (χ4v) is 2.47. The van der Waals surface area contributed by atoms with Crippen molar-refractivity contribution >= 4 is 12.5 Å². The van der Waals surface area contributed by atoms with Crippen LogP contribution >= 0.6 is 0 Å². The van der Waals surface area contributed by atoms with Crippen molar-refractivity contribution < 1.29 is 14.1 Å². The molecule has 19 heavy (non-hydrogen) atoms. The Morgan fingerprint density at radius 2 is 2.32 bits per heavy atom. The molecule has 1 aromatic heterocycles. The first kappa shape index (κ1) is 11.7. The topological polar surface area (TPSA) is 52.3 Å². The zero-order valence-electron chi connectivity index (χ0n) is 10.4. The third-order valence-electron chi connectivity index (χ3n) is 3.41. The average Bonchev–Trinajstić information content (AvgIpc) is 2.87. The second kappa shape index (κ2) is 4.72. The van der Waals surface area contributed by atoms with E-state index in [2.05, 4.69) is 17.8 Å². The van der Waals surface area contributed by atoms with E-state index in [1.54, 1.807) is 0 Å². The summed E-state index contributed by atoms with van der Waals surface area (Å²) >= 11 is 0. The van der Waals surface area contributed by atoms with Crippen molar-refractivity contribution in [1.82, 2.24) is 5.16 Å². The Morgan fingerprint density at radius 3 is 3.11 bits per heavy atom. The lowest BCUT2D eigenvalue weighted by molar-refractivity contribution is -0.129. The normalized spacial score (nSPS) is 12.4. The van der Waals surface area contributed by atoms with Crippen molar-refractivity contribution in [1.29, 1.82) is 0 Å². The van der Waals surface area contributed by atoms with Crippen LogP contribution in [0.3, 0.4) is 0 Å². The van der Waals surface area contributed by atoms with E-state index in [1.165, 1.54) is 5.56 Å². The molecule has 0 saturated carbocycles. The molecule has 0 N–H and O–H groups in total. The van der Waals surface area contributed by atoms with Gasteiger partial charge in [-0.25, -0.2) is 0 Å². The Kier molecular flexibility index (Phi) is 2.91. The smallest absolute Gasteiger partial charge is 0.293 e. The molecule has 1 aliphatic rings. The van der Waals surface area contributed by atoms with Crippen molar-refractivity contribution in [2.24, 2.45) is 0 Å². The van der Waals surface area contributed by atoms with Gasteiger partial charge in [0.2, 0.25) is 0 Å². The summed E-state index contributed by atoms with van der Waals surface area (Å²) in [6.07, 6.45) is 3.61. The van der Waals surface area contributed by atoms with Gasteiger partial charge >= 0.3 is 0 Å². The van der Waals surface area contributed by atoms with Crippen LogP contribution in [0, 0.1) is 0 Å². The molecule has 1 aromatic carbocycles. The van der Waals surface area contributed by atoms with Crippen molar-refractivity contribution in [2.45, 2.75) is 19.4 Å². The summed E-state index contributed by atoms with van der Waals surface area (Å²) in [5.74, 6) is 0.793. The number of carbonyl (C=O) groups is 1. The highest BCUT2D eigenvalue weighted by molar-refractivity contribution is 5.70. The number of carbonyl (C=O) groups excluding carboxylic acids is 1. The largest absolute Gasteiger partial charge is 0.461 e. The maximum Gasteiger partial charge on any atom is 0.293 e. The van der Waals surface area contributed by atoms with Gasteiger partial charge in [-0.1, -0.05) is 36.0 Å². The van der Waals surface area contributed by atoms with E-state index in [1.807, 2.05) is 18.2 Å². The first-order valence-corrected chi connectivity index (χ1v) is 6.12. The predicted molar refractivity (Wildman–Crippen MR) is 70.3 cm³/mol. The molecule has 0 bridgehead atoms. The van der Waals surface area contributed by atoms with Gasteiger partial charge in [-0.05, 0) is 24.0 Å². The number of rotatable bonds is 4. The van der Waals surface area contributed by atoms with E-state index in [9.17, 15) is 4.79 Å². The number of hydrogen-bond donors (Lipinski definition) is 0. The second-order valence-corrected chi connectivity index (χ2v) is 4.46. The lowest BCUT2D eigenvalue weighted by atomic mass is 9.88. The minimum Gasteiger partial charge on any atom is -0.461 e. The number of benzene rings is 1. The molecule has 1 heterocycles. The Bertz CT molecular complexity index is 643. The molecule has 0 amide bonds. The maximum absolute atomic E-state index is 10.2. The first-order valence-electron chi connectivity index (χ1n) is 6.12. The van der Waals surface area contributed by atoms with Gasteiger partial charge in [-0.3, -0.25) is 4.79 Å². The quantitative estimate of drug-likeness (QED) is 0.788. The summed E-state index contributed by atoms with van der Waals surface area (Å²) in [7, 11) is 0. The van der Waals surface area contributed by atoms with Crippen LogP contribution in [0.2, 0.25) is 0 Å². The van der Waals surface area contributed by atoms with E-state index in [0.29, 0.717) is 12.2 Å². The maximum atomic E-state index is 10.2. The van der Waals surface area contributed by atoms with Crippen LogP contribution in [0.25, 0.3) is 17.4 Å². The fourth-order valence-electron chi connectivity index (χ4n) is 2.47. The summed E-state index contributed by atoms with van der Waals surface area (Å²) < 4.78 is 10.2. The number of aryl methyl sites for hydroxylation is 1. The van der Waals surface area contributed by atoms with Crippen molar-refractivity contribution in [2.75, 3.05) is 0 Å². The molecule has 0 aliphatic heterocycles. The van der Waals surface area contributed by atoms with E-state index in [-0.39, 0.29) is 6.61 Å². The van der Waals surface area contributed by atoms with Crippen molar-refractivity contribution in [3.8, 4) is 11.3 Å². The number of aromatic nitrogens is 1. The Labute approximate surface area is 110 Å². The number of fused-ring (bicyclic) bond motifs is 3.